The maximum Gasteiger partial charge on any atom is 0.310 e. The number of esters is 1. The van der Waals surface area contributed by atoms with Gasteiger partial charge < -0.3 is 9.64 Å². The Morgan fingerprint density at radius 3 is 2.73 bits per heavy atom. The van der Waals surface area contributed by atoms with E-state index < -0.39 is 0 Å². The summed E-state index contributed by atoms with van der Waals surface area (Å²) in [6, 6.07) is 10.1. The van der Waals surface area contributed by atoms with Gasteiger partial charge in [-0.1, -0.05) is 59.8 Å². The molecule has 33 heavy (non-hydrogen) atoms. The fourth-order valence-electron chi connectivity index (χ4n) is 4.37. The molecule has 0 N–H and O–H groups in total. The van der Waals surface area contributed by atoms with Gasteiger partial charge >= 0.3 is 5.97 Å². The van der Waals surface area contributed by atoms with Crippen molar-refractivity contribution >= 4 is 33.4 Å². The maximum atomic E-state index is 12.3. The van der Waals surface area contributed by atoms with E-state index in [4.69, 9.17) is 14.8 Å². The van der Waals surface area contributed by atoms with Crippen LogP contribution >= 0.6 is 15.9 Å². The number of piperidine rings is 1. The predicted octanol–water partition coefficient (Wildman–Crippen LogP) is 5.53. The lowest BCUT2D eigenvalue weighted by molar-refractivity contribution is -0.139. The van der Waals surface area contributed by atoms with E-state index >= 15 is 0 Å². The highest BCUT2D eigenvalue weighted by Gasteiger charge is 2.31. The second-order valence-electron chi connectivity index (χ2n) is 8.80. The van der Waals surface area contributed by atoms with E-state index in [1.165, 1.54) is 7.11 Å². The highest BCUT2D eigenvalue weighted by atomic mass is 79.9. The number of carbonyl (C=O) groups excluding carboxylic acids is 1. The van der Waals surface area contributed by atoms with Crippen molar-refractivity contribution in [1.29, 1.82) is 0 Å². The lowest BCUT2D eigenvalue weighted by Crippen LogP contribution is -2.39. The van der Waals surface area contributed by atoms with Crippen LogP contribution in [0.1, 0.15) is 31.0 Å². The quantitative estimate of drug-likeness (QED) is 0.323. The topological polar surface area (TPSA) is 59.7 Å². The highest BCUT2D eigenvalue weighted by Crippen LogP contribution is 2.36. The first-order valence-electron chi connectivity index (χ1n) is 11.1. The zero-order chi connectivity index (χ0) is 23.6. The number of hydrogen-bond donors (Lipinski definition) is 0. The van der Waals surface area contributed by atoms with Gasteiger partial charge in [-0.3, -0.25) is 4.79 Å². The third-order valence-corrected chi connectivity index (χ3v) is 6.88. The molecular formula is C26H29BrN4O2. The summed E-state index contributed by atoms with van der Waals surface area (Å²) in [7, 11) is 1.42. The number of allylic oxidation sites excluding steroid dienone is 3. The van der Waals surface area contributed by atoms with Gasteiger partial charge in [-0.2, -0.15) is 9.61 Å². The van der Waals surface area contributed by atoms with Crippen molar-refractivity contribution in [2.24, 2.45) is 5.41 Å². The van der Waals surface area contributed by atoms with Crippen molar-refractivity contribution in [3.05, 3.63) is 70.9 Å². The maximum absolute atomic E-state index is 12.3. The van der Waals surface area contributed by atoms with Crippen molar-refractivity contribution in [2.45, 2.75) is 33.1 Å². The van der Waals surface area contributed by atoms with Crippen molar-refractivity contribution in [1.82, 2.24) is 14.6 Å². The summed E-state index contributed by atoms with van der Waals surface area (Å²) in [5.41, 5.74) is 4.43. The van der Waals surface area contributed by atoms with Gasteiger partial charge in [-0.15, -0.1) is 0 Å². The standard InChI is InChI=1S/C26H29BrN4O2/c1-5-6-10-26(3)11-13-30(14-12-26)25-21(16-24(32)33-4)18(2)28-23-17-22(29-31(23)25)19-8-7-9-20(27)15-19/h5-10,15,17H,1,11-14,16H2,2-4H3/b10-6+. The molecule has 0 amide bonds. The molecule has 0 unspecified atom stereocenters. The summed E-state index contributed by atoms with van der Waals surface area (Å²) < 4.78 is 7.88. The molecule has 0 bridgehead atoms. The minimum Gasteiger partial charge on any atom is -0.469 e. The van der Waals surface area contributed by atoms with E-state index in [1.807, 2.05) is 53.9 Å². The van der Waals surface area contributed by atoms with E-state index in [2.05, 4.69) is 40.4 Å². The van der Waals surface area contributed by atoms with E-state index in [9.17, 15) is 4.79 Å². The van der Waals surface area contributed by atoms with Gasteiger partial charge in [0.2, 0.25) is 0 Å². The van der Waals surface area contributed by atoms with Crippen LogP contribution in [0.2, 0.25) is 0 Å². The monoisotopic (exact) mass is 508 g/mol. The summed E-state index contributed by atoms with van der Waals surface area (Å²) in [4.78, 5) is 19.4. The molecule has 2 aromatic heterocycles. The lowest BCUT2D eigenvalue weighted by atomic mass is 9.80. The van der Waals surface area contributed by atoms with Crippen LogP contribution in [-0.2, 0) is 16.0 Å². The molecule has 6 nitrogen and oxygen atoms in total. The Morgan fingerprint density at radius 1 is 1.30 bits per heavy atom. The van der Waals surface area contributed by atoms with Crippen LogP contribution in [0.5, 0.6) is 0 Å². The first-order chi connectivity index (χ1) is 15.8. The molecule has 3 heterocycles. The Balaban J connectivity index is 1.81. The number of benzene rings is 1. The second-order valence-corrected chi connectivity index (χ2v) is 9.71. The first-order valence-corrected chi connectivity index (χ1v) is 11.9. The van der Waals surface area contributed by atoms with E-state index in [0.29, 0.717) is 0 Å². The number of aryl methyl sites for hydroxylation is 1. The Bertz CT molecular complexity index is 1220. The number of methoxy groups -OCH3 is 1. The minimum atomic E-state index is -0.282. The number of anilines is 1. The number of aromatic nitrogens is 3. The van der Waals surface area contributed by atoms with Crippen molar-refractivity contribution in [3.63, 3.8) is 0 Å². The van der Waals surface area contributed by atoms with Crippen LogP contribution in [-0.4, -0.2) is 40.8 Å². The third kappa shape index (κ3) is 4.88. The number of ether oxygens (including phenoxy) is 1. The number of nitrogens with zero attached hydrogens (tertiary/aromatic N) is 4. The molecule has 1 aliphatic rings. The fraction of sp³-hybridized carbons (Fsp3) is 0.346. The zero-order valence-corrected chi connectivity index (χ0v) is 20.9. The van der Waals surface area contributed by atoms with Gasteiger partial charge in [0.15, 0.2) is 5.65 Å². The molecule has 1 saturated heterocycles. The SMILES string of the molecule is C=C/C=C/C1(C)CCN(c2c(CC(=O)OC)c(C)nc3cc(-c4cccc(Br)c4)nn23)CC1. The van der Waals surface area contributed by atoms with Crippen molar-refractivity contribution in [3.8, 4) is 11.3 Å². The van der Waals surface area contributed by atoms with E-state index in [-0.39, 0.29) is 17.8 Å². The Kier molecular flexibility index (Phi) is 6.70. The molecule has 0 atom stereocenters. The third-order valence-electron chi connectivity index (χ3n) is 6.39. The van der Waals surface area contributed by atoms with E-state index in [1.54, 1.807) is 0 Å². The Morgan fingerprint density at radius 2 is 2.06 bits per heavy atom. The van der Waals surface area contributed by atoms with Gasteiger partial charge in [0.1, 0.15) is 5.82 Å². The fourth-order valence-corrected chi connectivity index (χ4v) is 4.77. The highest BCUT2D eigenvalue weighted by molar-refractivity contribution is 9.10. The number of fused-ring (bicyclic) bond motifs is 1. The normalized spacial score (nSPS) is 15.8. The molecule has 7 heteroatoms. The summed E-state index contributed by atoms with van der Waals surface area (Å²) in [6.45, 7) is 9.75. The molecule has 0 radical (unpaired) electrons. The summed E-state index contributed by atoms with van der Waals surface area (Å²) in [6.07, 6.45) is 8.27. The van der Waals surface area contributed by atoms with Crippen LogP contribution in [0, 0.1) is 12.3 Å². The van der Waals surface area contributed by atoms with Gasteiger partial charge in [0.25, 0.3) is 0 Å². The minimum absolute atomic E-state index is 0.125. The van der Waals surface area contributed by atoms with Gasteiger partial charge in [-0.25, -0.2) is 4.98 Å². The van der Waals surface area contributed by atoms with Crippen LogP contribution < -0.4 is 4.90 Å². The molecule has 0 saturated carbocycles. The number of halogens is 1. The van der Waals surface area contributed by atoms with Crippen LogP contribution in [0.25, 0.3) is 16.9 Å². The van der Waals surface area contributed by atoms with Gasteiger partial charge in [-0.05, 0) is 37.3 Å². The average Bonchev–Trinajstić information content (AvgIpc) is 3.22. The summed E-state index contributed by atoms with van der Waals surface area (Å²) in [5, 5.41) is 4.93. The van der Waals surface area contributed by atoms with Gasteiger partial charge in [0.05, 0.1) is 19.2 Å². The Hall–Kier alpha value is -2.93. The molecule has 0 aliphatic carbocycles. The van der Waals surface area contributed by atoms with Crippen LogP contribution in [0.4, 0.5) is 5.82 Å². The molecule has 0 spiro atoms. The number of carbonyl (C=O) groups is 1. The smallest absolute Gasteiger partial charge is 0.310 e. The zero-order valence-electron chi connectivity index (χ0n) is 19.3. The molecule has 3 aromatic rings. The first kappa shape index (κ1) is 23.2. The largest absolute Gasteiger partial charge is 0.469 e. The van der Waals surface area contributed by atoms with Crippen molar-refractivity contribution < 1.29 is 9.53 Å². The average molecular weight is 509 g/mol. The van der Waals surface area contributed by atoms with Crippen LogP contribution in [0.3, 0.4) is 0 Å². The molecule has 4 rings (SSSR count). The summed E-state index contributed by atoms with van der Waals surface area (Å²) >= 11 is 3.55. The van der Waals surface area contributed by atoms with Crippen molar-refractivity contribution in [2.75, 3.05) is 25.1 Å². The lowest BCUT2D eigenvalue weighted by Gasteiger charge is -2.39. The Labute approximate surface area is 203 Å². The molecule has 1 aromatic carbocycles. The molecule has 172 valence electrons. The van der Waals surface area contributed by atoms with Crippen LogP contribution in [0.15, 0.2) is 59.6 Å². The van der Waals surface area contributed by atoms with E-state index in [0.717, 1.165) is 64.4 Å². The molecular weight excluding hydrogens is 480 g/mol. The number of hydrogen-bond acceptors (Lipinski definition) is 5. The number of rotatable bonds is 6. The molecule has 1 aliphatic heterocycles. The predicted molar refractivity (Wildman–Crippen MR) is 135 cm³/mol. The molecule has 1 fully saturated rings. The van der Waals surface area contributed by atoms with Gasteiger partial charge in [0, 0.05) is 40.4 Å². The summed E-state index contributed by atoms with van der Waals surface area (Å²) in [5.74, 6) is 0.648. The second kappa shape index (κ2) is 9.51.